The lowest BCUT2D eigenvalue weighted by molar-refractivity contribution is 0.408. The van der Waals surface area contributed by atoms with Gasteiger partial charge in [0.05, 0.1) is 0 Å². The molecule has 0 saturated heterocycles. The first-order chi connectivity index (χ1) is 9.20. The van der Waals surface area contributed by atoms with Crippen LogP contribution in [0.4, 0.5) is 0 Å². The minimum Gasteiger partial charge on any atom is -0.347 e. The molecule has 0 spiro atoms. The van der Waals surface area contributed by atoms with Gasteiger partial charge in [0.25, 0.3) is 0 Å². The molecule has 19 heavy (non-hydrogen) atoms. The average molecular weight is 320 g/mol. The van der Waals surface area contributed by atoms with E-state index in [0.29, 0.717) is 0 Å². The third-order valence-corrected chi connectivity index (χ3v) is 5.14. The lowest BCUT2D eigenvalue weighted by atomic mass is 9.83. The number of aryl methyl sites for hydroxylation is 1. The fraction of sp³-hybridized carbons (Fsp3) is 0.529. The number of rotatable bonds is 3. The van der Waals surface area contributed by atoms with Crippen LogP contribution in [0.5, 0.6) is 0 Å². The number of aromatic nitrogens is 1. The van der Waals surface area contributed by atoms with Crippen molar-refractivity contribution in [2.75, 3.05) is 0 Å². The molecule has 1 heterocycles. The standard InChI is InChI=1S/C17H22BrN/c1-3-4-5-12-6-9-16-15(10-12)14-8-7-13(18)11-17(14)19(16)2/h7-8,11-12H,3-6,9-10H2,1-2H3. The summed E-state index contributed by atoms with van der Waals surface area (Å²) >= 11 is 3.59. The fourth-order valence-electron chi connectivity index (χ4n) is 3.56. The van der Waals surface area contributed by atoms with E-state index < -0.39 is 0 Å². The molecular formula is C17H22BrN. The Morgan fingerprint density at radius 2 is 2.21 bits per heavy atom. The predicted molar refractivity (Wildman–Crippen MR) is 85.7 cm³/mol. The summed E-state index contributed by atoms with van der Waals surface area (Å²) < 4.78 is 3.59. The lowest BCUT2D eigenvalue weighted by Crippen LogP contribution is -2.15. The van der Waals surface area contributed by atoms with Crippen molar-refractivity contribution >= 4 is 26.8 Å². The first kappa shape index (κ1) is 13.2. The second-order valence-corrected chi connectivity index (χ2v) is 6.81. The van der Waals surface area contributed by atoms with Crippen LogP contribution in [0.1, 0.15) is 43.9 Å². The molecule has 0 fully saturated rings. The van der Waals surface area contributed by atoms with E-state index >= 15 is 0 Å². The molecule has 1 unspecified atom stereocenters. The summed E-state index contributed by atoms with van der Waals surface area (Å²) in [5, 5.41) is 1.47. The Hall–Kier alpha value is -0.760. The van der Waals surface area contributed by atoms with E-state index in [2.05, 4.69) is 52.7 Å². The Labute approximate surface area is 124 Å². The second-order valence-electron chi connectivity index (χ2n) is 5.90. The van der Waals surface area contributed by atoms with E-state index in [1.54, 1.807) is 11.3 Å². The number of benzene rings is 1. The van der Waals surface area contributed by atoms with Crippen LogP contribution in [0.25, 0.3) is 10.9 Å². The smallest absolute Gasteiger partial charge is 0.0494 e. The highest BCUT2D eigenvalue weighted by Crippen LogP contribution is 2.36. The van der Waals surface area contributed by atoms with Crippen LogP contribution in [0, 0.1) is 5.92 Å². The van der Waals surface area contributed by atoms with Gasteiger partial charge in [0, 0.05) is 28.1 Å². The topological polar surface area (TPSA) is 4.93 Å². The van der Waals surface area contributed by atoms with Crippen molar-refractivity contribution in [3.8, 4) is 0 Å². The molecule has 0 amide bonds. The molecule has 1 aromatic carbocycles. The molecule has 102 valence electrons. The Morgan fingerprint density at radius 1 is 1.37 bits per heavy atom. The van der Waals surface area contributed by atoms with E-state index in [4.69, 9.17) is 0 Å². The molecule has 1 aliphatic rings. The van der Waals surface area contributed by atoms with Crippen molar-refractivity contribution in [2.45, 2.75) is 45.4 Å². The van der Waals surface area contributed by atoms with E-state index in [9.17, 15) is 0 Å². The van der Waals surface area contributed by atoms with E-state index in [1.807, 2.05) is 0 Å². The molecule has 0 N–H and O–H groups in total. The van der Waals surface area contributed by atoms with Crippen LogP contribution < -0.4 is 0 Å². The van der Waals surface area contributed by atoms with Gasteiger partial charge in [-0.25, -0.2) is 0 Å². The van der Waals surface area contributed by atoms with Crippen molar-refractivity contribution in [1.29, 1.82) is 0 Å². The zero-order chi connectivity index (χ0) is 13.4. The highest BCUT2D eigenvalue weighted by molar-refractivity contribution is 9.10. The molecule has 2 aromatic rings. The monoisotopic (exact) mass is 319 g/mol. The fourth-order valence-corrected chi connectivity index (χ4v) is 3.91. The van der Waals surface area contributed by atoms with Gasteiger partial charge in [-0.3, -0.25) is 0 Å². The highest BCUT2D eigenvalue weighted by Gasteiger charge is 2.23. The second kappa shape index (κ2) is 5.32. The van der Waals surface area contributed by atoms with Gasteiger partial charge in [0.2, 0.25) is 0 Å². The Kier molecular flexibility index (Phi) is 3.70. The molecule has 2 heteroatoms. The van der Waals surface area contributed by atoms with Gasteiger partial charge < -0.3 is 4.57 Å². The first-order valence-corrected chi connectivity index (χ1v) is 8.25. The SMILES string of the molecule is CCCCC1CCc2c(c3ccc(Br)cc3n2C)C1. The third kappa shape index (κ3) is 2.35. The minimum absolute atomic E-state index is 0.904. The van der Waals surface area contributed by atoms with Crippen LogP contribution in [-0.4, -0.2) is 4.57 Å². The number of unbranched alkanes of at least 4 members (excludes halogenated alkanes) is 1. The maximum absolute atomic E-state index is 3.59. The molecule has 0 saturated carbocycles. The van der Waals surface area contributed by atoms with Gasteiger partial charge in [0.1, 0.15) is 0 Å². The molecule has 1 atom stereocenters. The zero-order valence-electron chi connectivity index (χ0n) is 11.9. The maximum atomic E-state index is 3.59. The number of hydrogen-bond acceptors (Lipinski definition) is 0. The van der Waals surface area contributed by atoms with E-state index in [1.165, 1.54) is 53.9 Å². The summed E-state index contributed by atoms with van der Waals surface area (Å²) in [6.45, 7) is 2.30. The van der Waals surface area contributed by atoms with Crippen LogP contribution in [-0.2, 0) is 19.9 Å². The molecule has 0 aliphatic heterocycles. The van der Waals surface area contributed by atoms with Gasteiger partial charge in [-0.2, -0.15) is 0 Å². The summed E-state index contributed by atoms with van der Waals surface area (Å²) in [5.41, 5.74) is 4.58. The van der Waals surface area contributed by atoms with E-state index in [-0.39, 0.29) is 0 Å². The molecule has 1 nitrogen and oxygen atoms in total. The average Bonchev–Trinajstić information content (AvgIpc) is 2.69. The number of hydrogen-bond donors (Lipinski definition) is 0. The molecule has 0 bridgehead atoms. The first-order valence-electron chi connectivity index (χ1n) is 7.46. The summed E-state index contributed by atoms with van der Waals surface area (Å²) in [5.74, 6) is 0.904. The van der Waals surface area contributed by atoms with Gasteiger partial charge in [-0.1, -0.05) is 48.2 Å². The Bertz CT molecular complexity index is 597. The van der Waals surface area contributed by atoms with Crippen molar-refractivity contribution in [2.24, 2.45) is 13.0 Å². The number of nitrogens with zero attached hydrogens (tertiary/aromatic N) is 1. The lowest BCUT2D eigenvalue weighted by Gasteiger charge is -2.23. The Balaban J connectivity index is 1.99. The molecule has 1 aliphatic carbocycles. The number of fused-ring (bicyclic) bond motifs is 3. The molecular weight excluding hydrogens is 298 g/mol. The van der Waals surface area contributed by atoms with Gasteiger partial charge >= 0.3 is 0 Å². The van der Waals surface area contributed by atoms with Crippen LogP contribution in [0.15, 0.2) is 22.7 Å². The van der Waals surface area contributed by atoms with Crippen LogP contribution in [0.3, 0.4) is 0 Å². The predicted octanol–water partition coefficient (Wildman–Crippen LogP) is 5.24. The summed E-state index contributed by atoms with van der Waals surface area (Å²) in [7, 11) is 2.22. The quantitative estimate of drug-likeness (QED) is 0.729. The van der Waals surface area contributed by atoms with E-state index in [0.717, 1.165) is 5.92 Å². The molecule has 1 aromatic heterocycles. The number of halogens is 1. The van der Waals surface area contributed by atoms with Gasteiger partial charge in [-0.05, 0) is 42.9 Å². The van der Waals surface area contributed by atoms with Crippen LogP contribution >= 0.6 is 15.9 Å². The summed E-state index contributed by atoms with van der Waals surface area (Å²) in [6.07, 6.45) is 8.03. The highest BCUT2D eigenvalue weighted by atomic mass is 79.9. The third-order valence-electron chi connectivity index (χ3n) is 4.65. The van der Waals surface area contributed by atoms with Crippen molar-refractivity contribution < 1.29 is 0 Å². The van der Waals surface area contributed by atoms with Crippen molar-refractivity contribution in [1.82, 2.24) is 4.57 Å². The van der Waals surface area contributed by atoms with Crippen molar-refractivity contribution in [3.63, 3.8) is 0 Å². The van der Waals surface area contributed by atoms with Gasteiger partial charge in [0.15, 0.2) is 0 Å². The van der Waals surface area contributed by atoms with Gasteiger partial charge in [-0.15, -0.1) is 0 Å². The Morgan fingerprint density at radius 3 is 3.00 bits per heavy atom. The minimum atomic E-state index is 0.904. The van der Waals surface area contributed by atoms with Crippen molar-refractivity contribution in [3.05, 3.63) is 33.9 Å². The summed E-state index contributed by atoms with van der Waals surface area (Å²) in [6, 6.07) is 6.73. The maximum Gasteiger partial charge on any atom is 0.0494 e. The zero-order valence-corrected chi connectivity index (χ0v) is 13.5. The van der Waals surface area contributed by atoms with Crippen LogP contribution in [0.2, 0.25) is 0 Å². The normalized spacial score (nSPS) is 18.8. The largest absolute Gasteiger partial charge is 0.347 e. The molecule has 0 radical (unpaired) electrons. The summed E-state index contributed by atoms with van der Waals surface area (Å²) in [4.78, 5) is 0. The molecule has 3 rings (SSSR count).